The minimum absolute atomic E-state index is 0.391. The molecule has 19 heavy (non-hydrogen) atoms. The molecule has 0 bridgehead atoms. The molecule has 3 heteroatoms. The van der Waals surface area contributed by atoms with Gasteiger partial charge in [-0.15, -0.1) is 0 Å². The largest absolute Gasteiger partial charge is 0.399 e. The molecular formula is C16H21N3. The molecule has 0 amide bonds. The third kappa shape index (κ3) is 3.80. The van der Waals surface area contributed by atoms with Crippen molar-refractivity contribution in [3.63, 3.8) is 0 Å². The topological polar surface area (TPSA) is 42.1 Å². The maximum atomic E-state index is 5.72. The van der Waals surface area contributed by atoms with Crippen molar-refractivity contribution in [1.82, 2.24) is 9.88 Å². The van der Waals surface area contributed by atoms with Crippen LogP contribution in [-0.2, 0) is 6.42 Å². The molecule has 0 saturated heterocycles. The Kier molecular flexibility index (Phi) is 4.53. The molecule has 1 aromatic heterocycles. The van der Waals surface area contributed by atoms with Crippen LogP contribution in [0.15, 0.2) is 48.8 Å². The molecule has 0 spiro atoms. The highest BCUT2D eigenvalue weighted by atomic mass is 15.1. The Morgan fingerprint density at radius 3 is 2.37 bits per heavy atom. The first-order valence-corrected chi connectivity index (χ1v) is 6.61. The molecule has 2 rings (SSSR count). The summed E-state index contributed by atoms with van der Waals surface area (Å²) in [7, 11) is 2.15. The van der Waals surface area contributed by atoms with Crippen LogP contribution in [0.4, 0.5) is 5.69 Å². The number of nitrogens with two attached hydrogens (primary N) is 1. The van der Waals surface area contributed by atoms with E-state index in [-0.39, 0.29) is 0 Å². The molecule has 1 atom stereocenters. The molecular weight excluding hydrogens is 234 g/mol. The van der Waals surface area contributed by atoms with Crippen LogP contribution in [0.3, 0.4) is 0 Å². The first kappa shape index (κ1) is 13.6. The van der Waals surface area contributed by atoms with E-state index in [1.165, 1.54) is 11.1 Å². The lowest BCUT2D eigenvalue weighted by Crippen LogP contribution is -2.24. The van der Waals surface area contributed by atoms with Crippen molar-refractivity contribution in [3.05, 3.63) is 59.9 Å². The van der Waals surface area contributed by atoms with Gasteiger partial charge in [0.25, 0.3) is 0 Å². The zero-order valence-electron chi connectivity index (χ0n) is 11.6. The minimum Gasteiger partial charge on any atom is -0.399 e. The molecule has 1 unspecified atom stereocenters. The van der Waals surface area contributed by atoms with Crippen LogP contribution in [0.1, 0.15) is 24.1 Å². The fourth-order valence-electron chi connectivity index (χ4n) is 2.08. The summed E-state index contributed by atoms with van der Waals surface area (Å²) in [6.07, 6.45) is 4.73. The number of nitrogen functional groups attached to an aromatic ring is 1. The number of aromatic nitrogens is 1. The second-order valence-electron chi connectivity index (χ2n) is 4.93. The van der Waals surface area contributed by atoms with Gasteiger partial charge in [0, 0.05) is 30.7 Å². The number of benzene rings is 1. The van der Waals surface area contributed by atoms with Gasteiger partial charge in [0.2, 0.25) is 0 Å². The van der Waals surface area contributed by atoms with E-state index in [9.17, 15) is 0 Å². The molecule has 0 aliphatic carbocycles. The van der Waals surface area contributed by atoms with Crippen LogP contribution < -0.4 is 5.73 Å². The number of hydrogen-bond acceptors (Lipinski definition) is 3. The highest BCUT2D eigenvalue weighted by Gasteiger charge is 2.11. The lowest BCUT2D eigenvalue weighted by Gasteiger charge is -2.25. The van der Waals surface area contributed by atoms with E-state index in [0.717, 1.165) is 18.7 Å². The second kappa shape index (κ2) is 6.34. The Bertz CT molecular complexity index is 493. The molecule has 2 N–H and O–H groups in total. The summed E-state index contributed by atoms with van der Waals surface area (Å²) in [5, 5.41) is 0. The van der Waals surface area contributed by atoms with Gasteiger partial charge in [-0.2, -0.15) is 0 Å². The van der Waals surface area contributed by atoms with Gasteiger partial charge in [-0.25, -0.2) is 0 Å². The molecule has 100 valence electrons. The van der Waals surface area contributed by atoms with Crippen molar-refractivity contribution in [2.24, 2.45) is 0 Å². The van der Waals surface area contributed by atoms with Gasteiger partial charge in [-0.3, -0.25) is 9.88 Å². The Balaban J connectivity index is 1.92. The van der Waals surface area contributed by atoms with Gasteiger partial charge < -0.3 is 5.73 Å². The van der Waals surface area contributed by atoms with Crippen molar-refractivity contribution < 1.29 is 0 Å². The van der Waals surface area contributed by atoms with Gasteiger partial charge >= 0.3 is 0 Å². The maximum Gasteiger partial charge on any atom is 0.0316 e. The standard InChI is InChI=1S/C16H21N3/c1-13(15-3-5-16(17)6-4-15)19(2)12-9-14-7-10-18-11-8-14/h3-8,10-11,13H,9,12,17H2,1-2H3. The Morgan fingerprint density at radius 2 is 1.74 bits per heavy atom. The minimum atomic E-state index is 0.391. The zero-order valence-corrected chi connectivity index (χ0v) is 11.6. The fraction of sp³-hybridized carbons (Fsp3) is 0.312. The van der Waals surface area contributed by atoms with Crippen molar-refractivity contribution >= 4 is 5.69 Å². The second-order valence-corrected chi connectivity index (χ2v) is 4.93. The zero-order chi connectivity index (χ0) is 13.7. The molecule has 0 aliphatic rings. The smallest absolute Gasteiger partial charge is 0.0316 e. The lowest BCUT2D eigenvalue weighted by atomic mass is 10.1. The number of nitrogens with zero attached hydrogens (tertiary/aromatic N) is 2. The van der Waals surface area contributed by atoms with Crippen molar-refractivity contribution in [1.29, 1.82) is 0 Å². The molecule has 0 radical (unpaired) electrons. The summed E-state index contributed by atoms with van der Waals surface area (Å²) in [5.74, 6) is 0. The van der Waals surface area contributed by atoms with Gasteiger partial charge in [0.05, 0.1) is 0 Å². The third-order valence-electron chi connectivity index (χ3n) is 3.58. The van der Waals surface area contributed by atoms with Gasteiger partial charge in [0.1, 0.15) is 0 Å². The molecule has 0 aliphatic heterocycles. The number of hydrogen-bond donors (Lipinski definition) is 1. The fourth-order valence-corrected chi connectivity index (χ4v) is 2.08. The Labute approximate surface area is 115 Å². The van der Waals surface area contributed by atoms with E-state index in [1.807, 2.05) is 24.5 Å². The van der Waals surface area contributed by atoms with Gasteiger partial charge in [-0.1, -0.05) is 12.1 Å². The Hall–Kier alpha value is -1.87. The summed E-state index contributed by atoms with van der Waals surface area (Å²) in [6.45, 7) is 3.24. The first-order chi connectivity index (χ1) is 9.16. The number of pyridine rings is 1. The van der Waals surface area contributed by atoms with E-state index in [0.29, 0.717) is 6.04 Å². The average molecular weight is 255 g/mol. The predicted molar refractivity (Wildman–Crippen MR) is 79.8 cm³/mol. The van der Waals surface area contributed by atoms with Crippen LogP contribution in [-0.4, -0.2) is 23.5 Å². The van der Waals surface area contributed by atoms with E-state index in [4.69, 9.17) is 5.73 Å². The molecule has 0 fully saturated rings. The van der Waals surface area contributed by atoms with Crippen molar-refractivity contribution in [3.8, 4) is 0 Å². The Morgan fingerprint density at radius 1 is 1.11 bits per heavy atom. The summed E-state index contributed by atoms with van der Waals surface area (Å²) in [4.78, 5) is 6.39. The number of likely N-dealkylation sites (N-methyl/N-ethyl adjacent to an activating group) is 1. The highest BCUT2D eigenvalue weighted by molar-refractivity contribution is 5.40. The van der Waals surface area contributed by atoms with Crippen LogP contribution in [0.5, 0.6) is 0 Å². The third-order valence-corrected chi connectivity index (χ3v) is 3.58. The molecule has 2 aromatic rings. The van der Waals surface area contributed by atoms with E-state index in [2.05, 4.69) is 48.1 Å². The van der Waals surface area contributed by atoms with Crippen molar-refractivity contribution in [2.75, 3.05) is 19.3 Å². The number of rotatable bonds is 5. The van der Waals surface area contributed by atoms with Crippen LogP contribution in [0.25, 0.3) is 0 Å². The molecule has 1 heterocycles. The van der Waals surface area contributed by atoms with E-state index in [1.54, 1.807) is 0 Å². The normalized spacial score (nSPS) is 12.6. The number of anilines is 1. The highest BCUT2D eigenvalue weighted by Crippen LogP contribution is 2.19. The summed E-state index contributed by atoms with van der Waals surface area (Å²) in [5.41, 5.74) is 9.16. The van der Waals surface area contributed by atoms with E-state index >= 15 is 0 Å². The van der Waals surface area contributed by atoms with Gasteiger partial charge in [0.15, 0.2) is 0 Å². The SMILES string of the molecule is CC(c1ccc(N)cc1)N(C)CCc1ccncc1. The molecule has 1 aromatic carbocycles. The molecule has 0 saturated carbocycles. The quantitative estimate of drug-likeness (QED) is 0.835. The summed E-state index contributed by atoms with van der Waals surface area (Å²) >= 11 is 0. The van der Waals surface area contributed by atoms with Crippen LogP contribution in [0.2, 0.25) is 0 Å². The first-order valence-electron chi connectivity index (χ1n) is 6.61. The maximum absolute atomic E-state index is 5.72. The average Bonchev–Trinajstić information content (AvgIpc) is 2.46. The lowest BCUT2D eigenvalue weighted by molar-refractivity contribution is 0.265. The monoisotopic (exact) mass is 255 g/mol. The summed E-state index contributed by atoms with van der Waals surface area (Å²) in [6, 6.07) is 12.7. The van der Waals surface area contributed by atoms with Crippen molar-refractivity contribution in [2.45, 2.75) is 19.4 Å². The van der Waals surface area contributed by atoms with Crippen LogP contribution >= 0.6 is 0 Å². The molecule has 3 nitrogen and oxygen atoms in total. The van der Waals surface area contributed by atoms with E-state index < -0.39 is 0 Å². The van der Waals surface area contributed by atoms with Crippen LogP contribution in [0, 0.1) is 0 Å². The van der Waals surface area contributed by atoms with Gasteiger partial charge in [-0.05, 0) is 55.8 Å². The summed E-state index contributed by atoms with van der Waals surface area (Å²) < 4.78 is 0. The predicted octanol–water partition coefficient (Wildman–Crippen LogP) is 2.90.